The zero-order valence-electron chi connectivity index (χ0n) is 7.85. The first-order chi connectivity index (χ1) is 6.38. The molecule has 2 atom stereocenters. The second-order valence-electron chi connectivity index (χ2n) is 3.18. The van der Waals surface area contributed by atoms with Gasteiger partial charge in [0.25, 0.3) is 0 Å². The lowest BCUT2D eigenvalue weighted by Crippen LogP contribution is -2.48. The Labute approximate surface area is 79.4 Å². The summed E-state index contributed by atoms with van der Waals surface area (Å²) in [6.45, 7) is 0.0142. The highest BCUT2D eigenvalue weighted by molar-refractivity contribution is 5.79. The minimum absolute atomic E-state index is 0.0142. The summed E-state index contributed by atoms with van der Waals surface area (Å²) < 4.78 is 37.5. The van der Waals surface area contributed by atoms with Gasteiger partial charge in [0.2, 0.25) is 5.91 Å². The number of halogens is 3. The van der Waals surface area contributed by atoms with E-state index in [1.165, 1.54) is 14.1 Å². The van der Waals surface area contributed by atoms with Crippen LogP contribution in [0.15, 0.2) is 0 Å². The topological polar surface area (TPSA) is 44.4 Å². The molecule has 2 N–H and O–H groups in total. The van der Waals surface area contributed by atoms with Crippen LogP contribution in [0.1, 0.15) is 0 Å². The summed E-state index contributed by atoms with van der Waals surface area (Å²) >= 11 is 0. The molecule has 1 rings (SSSR count). The Bertz CT molecular complexity index is 231. The second-order valence-corrected chi connectivity index (χ2v) is 3.18. The highest BCUT2D eigenvalue weighted by Gasteiger charge is 2.52. The smallest absolute Gasteiger partial charge is 0.359 e. The summed E-state index contributed by atoms with van der Waals surface area (Å²) in [5, 5.41) is 3.15. The van der Waals surface area contributed by atoms with E-state index in [0.29, 0.717) is 0 Å². The van der Waals surface area contributed by atoms with Gasteiger partial charge in [-0.15, -0.1) is 0 Å². The molecule has 0 aliphatic carbocycles. The number of hydrogen-bond donors (Lipinski definition) is 2. The van der Waals surface area contributed by atoms with Crippen molar-refractivity contribution in [2.45, 2.75) is 12.2 Å². The predicted octanol–water partition coefficient (Wildman–Crippen LogP) is -0.271. The van der Waals surface area contributed by atoms with Gasteiger partial charge < -0.3 is 5.32 Å². The molecule has 1 saturated heterocycles. The fourth-order valence-electron chi connectivity index (χ4n) is 1.59. The lowest BCUT2D eigenvalue weighted by molar-refractivity contribution is -0.187. The molecule has 82 valence electrons. The standard InChI is InChI=1S/C7H12F3N3O/c1-11-6(14)4-3-12-13(2)5(4)7(8,9)10/h4-5,12H,3H2,1-2H3,(H,11,14). The van der Waals surface area contributed by atoms with Crippen LogP contribution in [0.5, 0.6) is 0 Å². The molecule has 1 aliphatic heterocycles. The number of hydrazine groups is 1. The van der Waals surface area contributed by atoms with Crippen LogP contribution in [-0.2, 0) is 4.79 Å². The average Bonchev–Trinajstić information content (AvgIpc) is 2.44. The summed E-state index contributed by atoms with van der Waals surface area (Å²) in [6, 6.07) is -1.75. The summed E-state index contributed by atoms with van der Waals surface area (Å²) in [4.78, 5) is 11.1. The number of amides is 1. The van der Waals surface area contributed by atoms with Crippen molar-refractivity contribution in [3.05, 3.63) is 0 Å². The van der Waals surface area contributed by atoms with Crippen LogP contribution in [0.3, 0.4) is 0 Å². The van der Waals surface area contributed by atoms with E-state index in [-0.39, 0.29) is 6.54 Å². The Kier molecular flexibility index (Phi) is 3.01. The maximum Gasteiger partial charge on any atom is 0.406 e. The van der Waals surface area contributed by atoms with Crippen molar-refractivity contribution in [2.75, 3.05) is 20.6 Å². The van der Waals surface area contributed by atoms with Crippen molar-refractivity contribution in [2.24, 2.45) is 5.92 Å². The van der Waals surface area contributed by atoms with Crippen molar-refractivity contribution in [3.63, 3.8) is 0 Å². The normalized spacial score (nSPS) is 29.2. The number of nitrogens with one attached hydrogen (secondary N) is 2. The van der Waals surface area contributed by atoms with Crippen LogP contribution in [0, 0.1) is 5.92 Å². The van der Waals surface area contributed by atoms with Gasteiger partial charge >= 0.3 is 6.18 Å². The molecule has 1 fully saturated rings. The van der Waals surface area contributed by atoms with E-state index in [2.05, 4.69) is 10.7 Å². The highest BCUT2D eigenvalue weighted by Crippen LogP contribution is 2.31. The van der Waals surface area contributed by atoms with Crippen molar-refractivity contribution < 1.29 is 18.0 Å². The number of rotatable bonds is 1. The van der Waals surface area contributed by atoms with E-state index in [1.54, 1.807) is 0 Å². The van der Waals surface area contributed by atoms with Crippen molar-refractivity contribution >= 4 is 5.91 Å². The van der Waals surface area contributed by atoms with Gasteiger partial charge in [-0.3, -0.25) is 10.2 Å². The summed E-state index contributed by atoms with van der Waals surface area (Å²) in [6.07, 6.45) is -4.39. The van der Waals surface area contributed by atoms with Gasteiger partial charge in [-0.1, -0.05) is 0 Å². The van der Waals surface area contributed by atoms with E-state index < -0.39 is 24.0 Å². The van der Waals surface area contributed by atoms with E-state index in [1.807, 2.05) is 0 Å². The third-order valence-electron chi connectivity index (χ3n) is 2.28. The lowest BCUT2D eigenvalue weighted by Gasteiger charge is -2.25. The lowest BCUT2D eigenvalue weighted by atomic mass is 10.0. The van der Waals surface area contributed by atoms with E-state index >= 15 is 0 Å². The fourth-order valence-corrected chi connectivity index (χ4v) is 1.59. The first-order valence-electron chi connectivity index (χ1n) is 4.12. The summed E-state index contributed by atoms with van der Waals surface area (Å²) in [7, 11) is 2.61. The molecule has 4 nitrogen and oxygen atoms in total. The molecule has 0 bridgehead atoms. The number of hydrogen-bond acceptors (Lipinski definition) is 3. The van der Waals surface area contributed by atoms with Gasteiger partial charge in [-0.05, 0) is 0 Å². The SMILES string of the molecule is CNC(=O)C1CNN(C)C1C(F)(F)F. The quantitative estimate of drug-likeness (QED) is 0.627. The first kappa shape index (κ1) is 11.3. The van der Waals surface area contributed by atoms with Gasteiger partial charge in [-0.25, -0.2) is 5.01 Å². The Morgan fingerprint density at radius 1 is 1.57 bits per heavy atom. The van der Waals surface area contributed by atoms with Gasteiger partial charge in [0.1, 0.15) is 6.04 Å². The van der Waals surface area contributed by atoms with Crippen LogP contribution in [-0.4, -0.2) is 43.8 Å². The number of alkyl halides is 3. The molecule has 0 saturated carbocycles. The molecule has 1 aliphatic rings. The molecule has 0 aromatic heterocycles. The van der Waals surface area contributed by atoms with Crippen LogP contribution < -0.4 is 10.7 Å². The van der Waals surface area contributed by atoms with Crippen molar-refractivity contribution in [3.8, 4) is 0 Å². The van der Waals surface area contributed by atoms with Crippen LogP contribution in [0.2, 0.25) is 0 Å². The zero-order valence-corrected chi connectivity index (χ0v) is 7.85. The van der Waals surface area contributed by atoms with Crippen molar-refractivity contribution in [1.29, 1.82) is 0 Å². The minimum atomic E-state index is -4.39. The van der Waals surface area contributed by atoms with Crippen LogP contribution >= 0.6 is 0 Å². The van der Waals surface area contributed by atoms with Crippen LogP contribution in [0.4, 0.5) is 13.2 Å². The summed E-state index contributed by atoms with van der Waals surface area (Å²) in [5.74, 6) is -1.67. The van der Waals surface area contributed by atoms with Crippen LogP contribution in [0.25, 0.3) is 0 Å². The minimum Gasteiger partial charge on any atom is -0.359 e. The van der Waals surface area contributed by atoms with Gasteiger partial charge in [0, 0.05) is 20.6 Å². The van der Waals surface area contributed by atoms with Gasteiger partial charge in [0.15, 0.2) is 0 Å². The third-order valence-corrected chi connectivity index (χ3v) is 2.28. The Morgan fingerprint density at radius 3 is 2.57 bits per heavy atom. The monoisotopic (exact) mass is 211 g/mol. The molecular formula is C7H12F3N3O. The molecule has 0 aromatic rings. The fraction of sp³-hybridized carbons (Fsp3) is 0.857. The molecule has 2 unspecified atom stereocenters. The maximum atomic E-state index is 12.5. The van der Waals surface area contributed by atoms with E-state index in [4.69, 9.17) is 0 Å². The zero-order chi connectivity index (χ0) is 10.9. The average molecular weight is 211 g/mol. The van der Waals surface area contributed by atoms with Crippen molar-refractivity contribution in [1.82, 2.24) is 15.8 Å². The van der Waals surface area contributed by atoms with E-state index in [9.17, 15) is 18.0 Å². The largest absolute Gasteiger partial charge is 0.406 e. The first-order valence-corrected chi connectivity index (χ1v) is 4.12. The molecule has 1 heterocycles. The molecule has 0 radical (unpaired) electrons. The third kappa shape index (κ3) is 1.98. The molecule has 1 amide bonds. The van der Waals surface area contributed by atoms with Gasteiger partial charge in [-0.2, -0.15) is 13.2 Å². The maximum absolute atomic E-state index is 12.5. The van der Waals surface area contributed by atoms with Gasteiger partial charge in [0.05, 0.1) is 5.92 Å². The Morgan fingerprint density at radius 2 is 2.14 bits per heavy atom. The molecule has 0 spiro atoms. The molecule has 0 aromatic carbocycles. The summed E-state index contributed by atoms with van der Waals surface area (Å²) in [5.41, 5.74) is 2.49. The van der Waals surface area contributed by atoms with E-state index in [0.717, 1.165) is 5.01 Å². The number of carbonyl (C=O) groups excluding carboxylic acids is 1. The molecule has 7 heteroatoms. The number of nitrogens with zero attached hydrogens (tertiary/aromatic N) is 1. The Hall–Kier alpha value is -0.820. The predicted molar refractivity (Wildman–Crippen MR) is 43.2 cm³/mol. The molecule has 14 heavy (non-hydrogen) atoms. The highest BCUT2D eigenvalue weighted by atomic mass is 19.4. The Balaban J connectivity index is 2.82. The molecular weight excluding hydrogens is 199 g/mol. The second kappa shape index (κ2) is 3.74. The number of carbonyl (C=O) groups is 1.